The molecule has 1 fully saturated rings. The normalized spacial score (nSPS) is 22.2. The highest BCUT2D eigenvalue weighted by Crippen LogP contribution is 2.21. The van der Waals surface area contributed by atoms with Gasteiger partial charge in [0.25, 0.3) is 0 Å². The van der Waals surface area contributed by atoms with Crippen LogP contribution in [0, 0.1) is 5.92 Å². The van der Waals surface area contributed by atoms with Gasteiger partial charge in [0.2, 0.25) is 5.78 Å². The van der Waals surface area contributed by atoms with Gasteiger partial charge >= 0.3 is 0 Å². The zero-order chi connectivity index (χ0) is 9.97. The van der Waals surface area contributed by atoms with E-state index in [9.17, 15) is 4.79 Å². The summed E-state index contributed by atoms with van der Waals surface area (Å²) < 4.78 is 10.3. The molecule has 0 aliphatic carbocycles. The second-order valence-corrected chi connectivity index (χ2v) is 3.75. The lowest BCUT2D eigenvalue weighted by Crippen LogP contribution is -2.24. The van der Waals surface area contributed by atoms with Crippen molar-refractivity contribution in [2.24, 2.45) is 5.92 Å². The summed E-state index contributed by atoms with van der Waals surface area (Å²) in [7, 11) is 0. The van der Waals surface area contributed by atoms with Crippen LogP contribution in [-0.2, 0) is 4.74 Å². The Labute approximate surface area is 87.0 Å². The average molecular weight is 215 g/mol. The predicted octanol–water partition coefficient (Wildman–Crippen LogP) is 2.54. The standard InChI is InChI=1S/C10H11ClO3/c11-9-4-3-8(14-9)10(12)7-2-1-5-13-6-7/h3-4,7H,1-2,5-6H2. The predicted molar refractivity (Wildman–Crippen MR) is 51.6 cm³/mol. The number of hydrogen-bond donors (Lipinski definition) is 0. The molecule has 1 saturated heterocycles. The number of carbonyl (C=O) groups is 1. The first kappa shape index (κ1) is 9.74. The Morgan fingerprint density at radius 1 is 1.50 bits per heavy atom. The Morgan fingerprint density at radius 2 is 2.36 bits per heavy atom. The van der Waals surface area contributed by atoms with Gasteiger partial charge in [-0.3, -0.25) is 4.79 Å². The van der Waals surface area contributed by atoms with Crippen LogP contribution in [0.5, 0.6) is 0 Å². The van der Waals surface area contributed by atoms with Crippen molar-refractivity contribution in [2.45, 2.75) is 12.8 Å². The minimum atomic E-state index is -0.0639. The Kier molecular flexibility index (Phi) is 2.89. The van der Waals surface area contributed by atoms with Gasteiger partial charge in [-0.15, -0.1) is 0 Å². The number of halogens is 1. The van der Waals surface area contributed by atoms with E-state index in [1.165, 1.54) is 0 Å². The number of ketones is 1. The van der Waals surface area contributed by atoms with Crippen LogP contribution in [0.4, 0.5) is 0 Å². The van der Waals surface area contributed by atoms with E-state index >= 15 is 0 Å². The van der Waals surface area contributed by atoms with Gasteiger partial charge in [0, 0.05) is 12.5 Å². The summed E-state index contributed by atoms with van der Waals surface area (Å²) in [5.74, 6) is 0.271. The molecule has 1 aromatic rings. The van der Waals surface area contributed by atoms with E-state index in [1.807, 2.05) is 0 Å². The lowest BCUT2D eigenvalue weighted by molar-refractivity contribution is 0.0444. The number of hydrogen-bond acceptors (Lipinski definition) is 3. The lowest BCUT2D eigenvalue weighted by Gasteiger charge is -2.19. The summed E-state index contributed by atoms with van der Waals surface area (Å²) in [6.45, 7) is 1.25. The SMILES string of the molecule is O=C(c1ccc(Cl)o1)C1CCCOC1. The minimum Gasteiger partial charge on any atom is -0.442 e. The maximum atomic E-state index is 11.8. The van der Waals surface area contributed by atoms with Crippen molar-refractivity contribution < 1.29 is 13.9 Å². The third-order valence-electron chi connectivity index (χ3n) is 2.35. The van der Waals surface area contributed by atoms with Gasteiger partial charge < -0.3 is 9.15 Å². The molecule has 4 heteroatoms. The Bertz CT molecular complexity index is 326. The first-order valence-corrected chi connectivity index (χ1v) is 5.02. The molecular weight excluding hydrogens is 204 g/mol. The van der Waals surface area contributed by atoms with E-state index in [2.05, 4.69) is 0 Å². The number of rotatable bonds is 2. The van der Waals surface area contributed by atoms with Crippen LogP contribution < -0.4 is 0 Å². The molecule has 3 nitrogen and oxygen atoms in total. The van der Waals surface area contributed by atoms with Crippen molar-refractivity contribution in [3.63, 3.8) is 0 Å². The molecule has 2 rings (SSSR count). The highest BCUT2D eigenvalue weighted by Gasteiger charge is 2.25. The smallest absolute Gasteiger partial charge is 0.203 e. The molecule has 2 heterocycles. The van der Waals surface area contributed by atoms with Gasteiger partial charge in [-0.2, -0.15) is 0 Å². The highest BCUT2D eigenvalue weighted by molar-refractivity contribution is 6.29. The van der Waals surface area contributed by atoms with E-state index in [-0.39, 0.29) is 16.9 Å². The Hall–Kier alpha value is -0.800. The van der Waals surface area contributed by atoms with Crippen LogP contribution in [0.25, 0.3) is 0 Å². The van der Waals surface area contributed by atoms with Crippen LogP contribution >= 0.6 is 11.6 Å². The third-order valence-corrected chi connectivity index (χ3v) is 2.55. The summed E-state index contributed by atoms with van der Waals surface area (Å²) in [5.41, 5.74) is 0. The molecule has 0 N–H and O–H groups in total. The zero-order valence-corrected chi connectivity index (χ0v) is 8.42. The Balaban J connectivity index is 2.07. The molecule has 1 atom stereocenters. The molecule has 0 aromatic carbocycles. The molecule has 1 unspecified atom stereocenters. The molecule has 0 spiro atoms. The topological polar surface area (TPSA) is 39.4 Å². The van der Waals surface area contributed by atoms with Crippen LogP contribution in [-0.4, -0.2) is 19.0 Å². The fourth-order valence-electron chi connectivity index (χ4n) is 1.60. The highest BCUT2D eigenvalue weighted by atomic mass is 35.5. The van der Waals surface area contributed by atoms with Crippen LogP contribution in [0.3, 0.4) is 0 Å². The summed E-state index contributed by atoms with van der Waals surface area (Å²) in [5, 5.41) is 0.255. The fourth-order valence-corrected chi connectivity index (χ4v) is 1.74. The quantitative estimate of drug-likeness (QED) is 0.711. The first-order chi connectivity index (χ1) is 6.77. The molecule has 76 valence electrons. The number of ether oxygens (including phenoxy) is 1. The van der Waals surface area contributed by atoms with Gasteiger partial charge in [0.15, 0.2) is 11.0 Å². The summed E-state index contributed by atoms with van der Waals surface area (Å²) in [6, 6.07) is 3.19. The largest absolute Gasteiger partial charge is 0.442 e. The van der Waals surface area contributed by atoms with E-state index < -0.39 is 0 Å². The molecule has 1 aliphatic rings. The second kappa shape index (κ2) is 4.15. The van der Waals surface area contributed by atoms with Crippen molar-refractivity contribution in [2.75, 3.05) is 13.2 Å². The van der Waals surface area contributed by atoms with E-state index in [4.69, 9.17) is 20.8 Å². The van der Waals surface area contributed by atoms with Gasteiger partial charge in [-0.05, 0) is 36.6 Å². The molecule has 0 radical (unpaired) electrons. The molecule has 0 amide bonds. The van der Waals surface area contributed by atoms with Crippen molar-refractivity contribution in [1.29, 1.82) is 0 Å². The maximum Gasteiger partial charge on any atom is 0.203 e. The first-order valence-electron chi connectivity index (χ1n) is 4.64. The molecule has 0 saturated carbocycles. The maximum absolute atomic E-state index is 11.8. The molecular formula is C10H11ClO3. The number of furan rings is 1. The van der Waals surface area contributed by atoms with E-state index in [0.29, 0.717) is 12.4 Å². The number of Topliss-reactive ketones (excluding diaryl/α,β-unsaturated/α-hetero) is 1. The van der Waals surface area contributed by atoms with Crippen LogP contribution in [0.2, 0.25) is 5.22 Å². The molecule has 0 bridgehead atoms. The molecule has 14 heavy (non-hydrogen) atoms. The van der Waals surface area contributed by atoms with Gasteiger partial charge in [-0.1, -0.05) is 0 Å². The van der Waals surface area contributed by atoms with Gasteiger partial charge in [0.05, 0.1) is 6.61 Å². The Morgan fingerprint density at radius 3 is 2.93 bits per heavy atom. The summed E-state index contributed by atoms with van der Waals surface area (Å²) in [4.78, 5) is 11.8. The summed E-state index contributed by atoms with van der Waals surface area (Å²) in [6.07, 6.45) is 1.81. The van der Waals surface area contributed by atoms with Gasteiger partial charge in [0.1, 0.15) is 0 Å². The van der Waals surface area contributed by atoms with Crippen LogP contribution in [0.15, 0.2) is 16.5 Å². The zero-order valence-electron chi connectivity index (χ0n) is 7.66. The fraction of sp³-hybridized carbons (Fsp3) is 0.500. The third kappa shape index (κ3) is 1.99. The van der Waals surface area contributed by atoms with E-state index in [0.717, 1.165) is 19.4 Å². The van der Waals surface area contributed by atoms with E-state index in [1.54, 1.807) is 12.1 Å². The lowest BCUT2D eigenvalue weighted by atomic mass is 9.96. The van der Waals surface area contributed by atoms with Crippen molar-refractivity contribution in [3.8, 4) is 0 Å². The molecule has 1 aliphatic heterocycles. The van der Waals surface area contributed by atoms with Crippen molar-refractivity contribution >= 4 is 17.4 Å². The molecule has 1 aromatic heterocycles. The van der Waals surface area contributed by atoms with Crippen molar-refractivity contribution in [1.82, 2.24) is 0 Å². The summed E-state index contributed by atoms with van der Waals surface area (Å²) >= 11 is 5.59. The van der Waals surface area contributed by atoms with Crippen molar-refractivity contribution in [3.05, 3.63) is 23.1 Å². The number of carbonyl (C=O) groups excluding carboxylic acids is 1. The minimum absolute atomic E-state index is 0.00315. The van der Waals surface area contributed by atoms with Gasteiger partial charge in [-0.25, -0.2) is 0 Å². The second-order valence-electron chi connectivity index (χ2n) is 3.38. The average Bonchev–Trinajstić information content (AvgIpc) is 2.65. The monoisotopic (exact) mass is 214 g/mol. The van der Waals surface area contributed by atoms with Crippen LogP contribution in [0.1, 0.15) is 23.4 Å².